The van der Waals surface area contributed by atoms with Gasteiger partial charge in [-0.1, -0.05) is 20.3 Å². The molecule has 2 atom stereocenters. The predicted molar refractivity (Wildman–Crippen MR) is 81.7 cm³/mol. The lowest BCUT2D eigenvalue weighted by molar-refractivity contribution is 0.244. The topological polar surface area (TPSA) is 61.4 Å². The smallest absolute Gasteiger partial charge is 0.279 e. The van der Waals surface area contributed by atoms with Crippen molar-refractivity contribution < 1.29 is 8.42 Å². The van der Waals surface area contributed by atoms with Gasteiger partial charge in [0.15, 0.2) is 0 Å². The Morgan fingerprint density at radius 3 is 2.60 bits per heavy atom. The van der Waals surface area contributed by atoms with Gasteiger partial charge in [-0.3, -0.25) is 0 Å². The summed E-state index contributed by atoms with van der Waals surface area (Å²) < 4.78 is 29.9. The van der Waals surface area contributed by atoms with Gasteiger partial charge in [0.1, 0.15) is 0 Å². The Morgan fingerprint density at radius 1 is 1.25 bits per heavy atom. The van der Waals surface area contributed by atoms with E-state index < -0.39 is 10.2 Å². The number of hydrogen-bond donors (Lipinski definition) is 2. The van der Waals surface area contributed by atoms with Gasteiger partial charge in [0.2, 0.25) is 0 Å². The highest BCUT2D eigenvalue weighted by Crippen LogP contribution is 2.37. The fourth-order valence-corrected chi connectivity index (χ4v) is 5.24. The van der Waals surface area contributed by atoms with Crippen LogP contribution in [0.2, 0.25) is 0 Å². The van der Waals surface area contributed by atoms with Crippen molar-refractivity contribution in [3.63, 3.8) is 0 Å². The standard InChI is InChI=1S/C14H29N3O2S/c1-14(2)8-7-12(10-14)16-20(18,19)17-9-5-4-6-13(17)11-15-3/h12-13,15-16H,4-11H2,1-3H3. The molecule has 0 amide bonds. The van der Waals surface area contributed by atoms with Crippen LogP contribution in [-0.4, -0.2) is 44.9 Å². The lowest BCUT2D eigenvalue weighted by Gasteiger charge is -2.35. The Bertz CT molecular complexity index is 420. The van der Waals surface area contributed by atoms with E-state index in [1.807, 2.05) is 7.05 Å². The molecule has 2 rings (SSSR count). The van der Waals surface area contributed by atoms with Gasteiger partial charge in [-0.2, -0.15) is 17.4 Å². The molecular formula is C14H29N3O2S. The third-order valence-electron chi connectivity index (χ3n) is 4.61. The molecule has 0 bridgehead atoms. The summed E-state index contributed by atoms with van der Waals surface area (Å²) in [5.74, 6) is 0. The summed E-state index contributed by atoms with van der Waals surface area (Å²) in [4.78, 5) is 0. The molecule has 2 unspecified atom stereocenters. The van der Waals surface area contributed by atoms with Gasteiger partial charge in [-0.05, 0) is 44.6 Å². The van der Waals surface area contributed by atoms with E-state index in [0.717, 1.165) is 45.1 Å². The Hall–Kier alpha value is -0.170. The fraction of sp³-hybridized carbons (Fsp3) is 1.00. The second-order valence-corrected chi connectivity index (χ2v) is 8.70. The highest BCUT2D eigenvalue weighted by atomic mass is 32.2. The predicted octanol–water partition coefficient (Wildman–Crippen LogP) is 1.47. The van der Waals surface area contributed by atoms with Crippen molar-refractivity contribution in [1.82, 2.24) is 14.3 Å². The molecule has 0 spiro atoms. The van der Waals surface area contributed by atoms with Crippen molar-refractivity contribution in [1.29, 1.82) is 0 Å². The molecule has 0 aromatic carbocycles. The number of nitrogens with zero attached hydrogens (tertiary/aromatic N) is 1. The summed E-state index contributed by atoms with van der Waals surface area (Å²) >= 11 is 0. The van der Waals surface area contributed by atoms with Gasteiger partial charge in [-0.25, -0.2) is 0 Å². The molecule has 2 N–H and O–H groups in total. The maximum Gasteiger partial charge on any atom is 0.279 e. The minimum Gasteiger partial charge on any atom is -0.318 e. The van der Waals surface area contributed by atoms with E-state index in [0.29, 0.717) is 6.54 Å². The molecule has 20 heavy (non-hydrogen) atoms. The Morgan fingerprint density at radius 2 is 2.00 bits per heavy atom. The molecule has 1 aliphatic heterocycles. The molecular weight excluding hydrogens is 274 g/mol. The molecule has 118 valence electrons. The molecule has 5 nitrogen and oxygen atoms in total. The Labute approximate surface area is 123 Å². The van der Waals surface area contributed by atoms with Crippen molar-refractivity contribution in [3.8, 4) is 0 Å². The van der Waals surface area contributed by atoms with Gasteiger partial charge >= 0.3 is 0 Å². The first kappa shape index (κ1) is 16.2. The van der Waals surface area contributed by atoms with Crippen LogP contribution in [0.4, 0.5) is 0 Å². The monoisotopic (exact) mass is 303 g/mol. The van der Waals surface area contributed by atoms with E-state index in [2.05, 4.69) is 23.9 Å². The van der Waals surface area contributed by atoms with Gasteiger partial charge in [0, 0.05) is 25.2 Å². The minimum absolute atomic E-state index is 0.0978. The lowest BCUT2D eigenvalue weighted by Crippen LogP contribution is -2.53. The van der Waals surface area contributed by atoms with Crippen LogP contribution in [0, 0.1) is 5.41 Å². The molecule has 1 heterocycles. The largest absolute Gasteiger partial charge is 0.318 e. The van der Waals surface area contributed by atoms with Gasteiger partial charge in [-0.15, -0.1) is 0 Å². The first-order valence-corrected chi connectivity index (χ1v) is 9.22. The van der Waals surface area contributed by atoms with E-state index in [1.54, 1.807) is 4.31 Å². The van der Waals surface area contributed by atoms with Gasteiger partial charge < -0.3 is 5.32 Å². The van der Waals surface area contributed by atoms with E-state index >= 15 is 0 Å². The summed E-state index contributed by atoms with van der Waals surface area (Å²) in [7, 11) is -1.46. The maximum absolute atomic E-state index is 12.6. The molecule has 1 aliphatic carbocycles. The van der Waals surface area contributed by atoms with Gasteiger partial charge in [0.05, 0.1) is 0 Å². The SMILES string of the molecule is CNCC1CCCCN1S(=O)(=O)NC1CCC(C)(C)C1. The highest BCUT2D eigenvalue weighted by molar-refractivity contribution is 7.87. The van der Waals surface area contributed by atoms with E-state index in [1.165, 1.54) is 0 Å². The number of rotatable bonds is 5. The van der Waals surface area contributed by atoms with E-state index in [-0.39, 0.29) is 17.5 Å². The third kappa shape index (κ3) is 3.93. The molecule has 1 saturated carbocycles. The summed E-state index contributed by atoms with van der Waals surface area (Å²) in [5, 5.41) is 3.11. The first-order chi connectivity index (χ1) is 9.34. The summed E-state index contributed by atoms with van der Waals surface area (Å²) in [5.41, 5.74) is 0.263. The quantitative estimate of drug-likeness (QED) is 0.808. The van der Waals surface area contributed by atoms with Crippen molar-refractivity contribution >= 4 is 10.2 Å². The number of piperidine rings is 1. The van der Waals surface area contributed by atoms with Crippen LogP contribution < -0.4 is 10.0 Å². The zero-order valence-electron chi connectivity index (χ0n) is 13.0. The molecule has 0 aromatic heterocycles. The van der Waals surface area contributed by atoms with Crippen LogP contribution >= 0.6 is 0 Å². The molecule has 1 saturated heterocycles. The average molecular weight is 303 g/mol. The Kier molecular flexibility index (Phi) is 5.10. The lowest BCUT2D eigenvalue weighted by atomic mass is 9.92. The maximum atomic E-state index is 12.6. The molecule has 0 radical (unpaired) electrons. The van der Waals surface area contributed by atoms with Crippen LogP contribution in [0.15, 0.2) is 0 Å². The second kappa shape index (κ2) is 6.30. The van der Waals surface area contributed by atoms with Crippen LogP contribution in [0.25, 0.3) is 0 Å². The van der Waals surface area contributed by atoms with Gasteiger partial charge in [0.25, 0.3) is 10.2 Å². The Balaban J connectivity index is 2.01. The zero-order chi connectivity index (χ0) is 14.8. The van der Waals surface area contributed by atoms with Crippen LogP contribution in [0.5, 0.6) is 0 Å². The van der Waals surface area contributed by atoms with Crippen LogP contribution in [-0.2, 0) is 10.2 Å². The van der Waals surface area contributed by atoms with E-state index in [4.69, 9.17) is 0 Å². The molecule has 6 heteroatoms. The summed E-state index contributed by atoms with van der Waals surface area (Å²) in [6.07, 6.45) is 6.04. The van der Waals surface area contributed by atoms with Crippen molar-refractivity contribution in [2.75, 3.05) is 20.1 Å². The normalized spacial score (nSPS) is 31.6. The fourth-order valence-electron chi connectivity index (χ4n) is 3.55. The second-order valence-electron chi connectivity index (χ2n) is 7.04. The number of likely N-dealkylation sites (N-methyl/N-ethyl adjacent to an activating group) is 1. The first-order valence-electron chi connectivity index (χ1n) is 7.78. The third-order valence-corrected chi connectivity index (χ3v) is 6.34. The van der Waals surface area contributed by atoms with Crippen molar-refractivity contribution in [2.24, 2.45) is 5.41 Å². The minimum atomic E-state index is -3.34. The van der Waals surface area contributed by atoms with Crippen molar-refractivity contribution in [2.45, 2.75) is 64.5 Å². The van der Waals surface area contributed by atoms with Crippen LogP contribution in [0.3, 0.4) is 0 Å². The highest BCUT2D eigenvalue weighted by Gasteiger charge is 2.37. The average Bonchev–Trinajstić information content (AvgIpc) is 2.69. The molecule has 2 aliphatic rings. The number of hydrogen-bond acceptors (Lipinski definition) is 3. The van der Waals surface area contributed by atoms with E-state index in [9.17, 15) is 8.42 Å². The van der Waals surface area contributed by atoms with Crippen LogP contribution in [0.1, 0.15) is 52.4 Å². The molecule has 0 aromatic rings. The number of nitrogens with one attached hydrogen (secondary N) is 2. The zero-order valence-corrected chi connectivity index (χ0v) is 13.8. The molecule has 2 fully saturated rings. The summed E-state index contributed by atoms with van der Waals surface area (Å²) in [6.45, 7) is 5.81. The van der Waals surface area contributed by atoms with Crippen molar-refractivity contribution in [3.05, 3.63) is 0 Å². The summed E-state index contributed by atoms with van der Waals surface area (Å²) in [6, 6.07) is 0.202.